The van der Waals surface area contributed by atoms with Gasteiger partial charge in [-0.2, -0.15) is 0 Å². The molecule has 2 aromatic heterocycles. The summed E-state index contributed by atoms with van der Waals surface area (Å²) in [6, 6.07) is 15.9. The molecule has 0 saturated carbocycles. The van der Waals surface area contributed by atoms with E-state index >= 15 is 0 Å². The molecule has 0 unspecified atom stereocenters. The average molecular weight is 335 g/mol. The van der Waals surface area contributed by atoms with E-state index in [2.05, 4.69) is 16.3 Å². The second-order valence-electron chi connectivity index (χ2n) is 5.52. The molecular formula is C19H17N3O3. The van der Waals surface area contributed by atoms with Crippen molar-refractivity contribution in [3.8, 4) is 28.6 Å². The van der Waals surface area contributed by atoms with Crippen LogP contribution < -0.4 is 14.2 Å². The Hall–Kier alpha value is -3.28. The fourth-order valence-electron chi connectivity index (χ4n) is 3.04. The van der Waals surface area contributed by atoms with Crippen LogP contribution in [0.3, 0.4) is 0 Å². The molecule has 126 valence electrons. The SMILES string of the molecule is COc1cc(-c2nnc3ccc4ccccc4n23)cc(OC)c1OC. The summed E-state index contributed by atoms with van der Waals surface area (Å²) in [5.74, 6) is 2.42. The van der Waals surface area contributed by atoms with Crippen molar-refractivity contribution in [3.63, 3.8) is 0 Å². The number of pyridine rings is 1. The summed E-state index contributed by atoms with van der Waals surface area (Å²) in [6.07, 6.45) is 0. The third-order valence-electron chi connectivity index (χ3n) is 4.20. The molecule has 0 spiro atoms. The molecular weight excluding hydrogens is 318 g/mol. The van der Waals surface area contributed by atoms with E-state index in [0.29, 0.717) is 23.1 Å². The molecule has 4 aromatic rings. The van der Waals surface area contributed by atoms with Crippen LogP contribution in [-0.2, 0) is 0 Å². The molecule has 0 amide bonds. The molecule has 6 nitrogen and oxygen atoms in total. The molecule has 0 N–H and O–H groups in total. The van der Waals surface area contributed by atoms with Gasteiger partial charge in [-0.05, 0) is 35.7 Å². The van der Waals surface area contributed by atoms with Crippen LogP contribution in [0.15, 0.2) is 48.5 Å². The van der Waals surface area contributed by atoms with Crippen molar-refractivity contribution >= 4 is 16.6 Å². The highest BCUT2D eigenvalue weighted by Gasteiger charge is 2.18. The molecule has 0 aliphatic heterocycles. The second-order valence-corrected chi connectivity index (χ2v) is 5.52. The lowest BCUT2D eigenvalue weighted by Gasteiger charge is -2.14. The Morgan fingerprint density at radius 1 is 0.800 bits per heavy atom. The third kappa shape index (κ3) is 2.34. The minimum absolute atomic E-state index is 0.549. The predicted molar refractivity (Wildman–Crippen MR) is 95.6 cm³/mol. The molecule has 0 saturated heterocycles. The zero-order chi connectivity index (χ0) is 17.4. The number of methoxy groups -OCH3 is 3. The standard InChI is InChI=1S/C19H17N3O3/c1-23-15-10-13(11-16(24-2)18(15)25-3)19-21-20-17-9-8-12-6-4-5-7-14(12)22(17)19/h4-11H,1-3H3. The highest BCUT2D eigenvalue weighted by Crippen LogP contribution is 2.41. The van der Waals surface area contributed by atoms with Crippen LogP contribution in [-0.4, -0.2) is 35.9 Å². The van der Waals surface area contributed by atoms with Gasteiger partial charge in [-0.25, -0.2) is 0 Å². The van der Waals surface area contributed by atoms with Gasteiger partial charge >= 0.3 is 0 Å². The van der Waals surface area contributed by atoms with E-state index in [1.165, 1.54) is 0 Å². The van der Waals surface area contributed by atoms with Gasteiger partial charge < -0.3 is 14.2 Å². The van der Waals surface area contributed by atoms with E-state index in [4.69, 9.17) is 14.2 Å². The maximum Gasteiger partial charge on any atom is 0.203 e. The quantitative estimate of drug-likeness (QED) is 0.570. The first kappa shape index (κ1) is 15.3. The van der Waals surface area contributed by atoms with E-state index in [-0.39, 0.29) is 0 Å². The van der Waals surface area contributed by atoms with E-state index in [0.717, 1.165) is 22.1 Å². The van der Waals surface area contributed by atoms with Crippen molar-refractivity contribution in [1.82, 2.24) is 14.6 Å². The number of nitrogens with zero attached hydrogens (tertiary/aromatic N) is 3. The van der Waals surface area contributed by atoms with Crippen LogP contribution in [0.1, 0.15) is 0 Å². The molecule has 0 aliphatic carbocycles. The molecule has 0 radical (unpaired) electrons. The average Bonchev–Trinajstić information content (AvgIpc) is 3.11. The normalized spacial score (nSPS) is 11.0. The minimum atomic E-state index is 0.549. The summed E-state index contributed by atoms with van der Waals surface area (Å²) >= 11 is 0. The number of fused-ring (bicyclic) bond motifs is 3. The fourth-order valence-corrected chi connectivity index (χ4v) is 3.04. The number of benzene rings is 2. The molecule has 4 rings (SSSR count). The highest BCUT2D eigenvalue weighted by atomic mass is 16.5. The smallest absolute Gasteiger partial charge is 0.203 e. The van der Waals surface area contributed by atoms with Gasteiger partial charge in [0.05, 0.1) is 26.8 Å². The zero-order valence-electron chi connectivity index (χ0n) is 14.2. The van der Waals surface area contributed by atoms with E-state index < -0.39 is 0 Å². The highest BCUT2D eigenvalue weighted by molar-refractivity contribution is 5.84. The minimum Gasteiger partial charge on any atom is -0.493 e. The lowest BCUT2D eigenvalue weighted by Crippen LogP contribution is -1.97. The molecule has 6 heteroatoms. The van der Waals surface area contributed by atoms with Gasteiger partial charge in [-0.1, -0.05) is 18.2 Å². The number of aromatic nitrogens is 3. The van der Waals surface area contributed by atoms with Gasteiger partial charge in [0.25, 0.3) is 0 Å². The number of hydrogen-bond donors (Lipinski definition) is 0. The Morgan fingerprint density at radius 3 is 2.20 bits per heavy atom. The molecule has 2 aromatic carbocycles. The first-order chi connectivity index (χ1) is 12.3. The van der Waals surface area contributed by atoms with Crippen molar-refractivity contribution in [2.75, 3.05) is 21.3 Å². The number of para-hydroxylation sites is 1. The summed E-state index contributed by atoms with van der Waals surface area (Å²) < 4.78 is 18.3. The van der Waals surface area contributed by atoms with Crippen molar-refractivity contribution in [2.24, 2.45) is 0 Å². The summed E-state index contributed by atoms with van der Waals surface area (Å²) in [6.45, 7) is 0. The lowest BCUT2D eigenvalue weighted by atomic mass is 10.1. The largest absolute Gasteiger partial charge is 0.493 e. The van der Waals surface area contributed by atoms with Crippen LogP contribution in [0.2, 0.25) is 0 Å². The van der Waals surface area contributed by atoms with Crippen molar-refractivity contribution in [3.05, 3.63) is 48.5 Å². The van der Waals surface area contributed by atoms with Crippen LogP contribution in [0, 0.1) is 0 Å². The van der Waals surface area contributed by atoms with Crippen molar-refractivity contribution < 1.29 is 14.2 Å². The van der Waals surface area contributed by atoms with Gasteiger partial charge in [0, 0.05) is 5.56 Å². The first-order valence-electron chi connectivity index (χ1n) is 7.80. The summed E-state index contributed by atoms with van der Waals surface area (Å²) in [7, 11) is 4.77. The Balaban J connectivity index is 2.03. The lowest BCUT2D eigenvalue weighted by molar-refractivity contribution is 0.324. The van der Waals surface area contributed by atoms with Crippen molar-refractivity contribution in [1.29, 1.82) is 0 Å². The molecule has 25 heavy (non-hydrogen) atoms. The molecule has 2 heterocycles. The molecule has 0 bridgehead atoms. The monoisotopic (exact) mass is 335 g/mol. The van der Waals surface area contributed by atoms with Gasteiger partial charge in [-0.3, -0.25) is 4.40 Å². The number of ether oxygens (including phenoxy) is 3. The summed E-state index contributed by atoms with van der Waals surface area (Å²) in [5.41, 5.74) is 2.65. The Morgan fingerprint density at radius 2 is 1.52 bits per heavy atom. The van der Waals surface area contributed by atoms with Gasteiger partial charge in [0.15, 0.2) is 23.0 Å². The van der Waals surface area contributed by atoms with E-state index in [1.807, 2.05) is 46.9 Å². The van der Waals surface area contributed by atoms with Crippen molar-refractivity contribution in [2.45, 2.75) is 0 Å². The van der Waals surface area contributed by atoms with Crippen LogP contribution in [0.25, 0.3) is 27.9 Å². The fraction of sp³-hybridized carbons (Fsp3) is 0.158. The topological polar surface area (TPSA) is 57.9 Å². The molecule has 0 aliphatic rings. The van der Waals surface area contributed by atoms with E-state index in [9.17, 15) is 0 Å². The summed E-state index contributed by atoms with van der Waals surface area (Å²) in [4.78, 5) is 0. The summed E-state index contributed by atoms with van der Waals surface area (Å²) in [5, 5.41) is 9.80. The molecule has 0 atom stereocenters. The van der Waals surface area contributed by atoms with Crippen LogP contribution >= 0.6 is 0 Å². The predicted octanol–water partition coefficient (Wildman–Crippen LogP) is 3.58. The van der Waals surface area contributed by atoms with Gasteiger partial charge in [-0.15, -0.1) is 10.2 Å². The Kier molecular flexibility index (Phi) is 3.65. The first-order valence-corrected chi connectivity index (χ1v) is 7.80. The van der Waals surface area contributed by atoms with Crippen LogP contribution in [0.4, 0.5) is 0 Å². The Labute approximate surface area is 144 Å². The number of hydrogen-bond acceptors (Lipinski definition) is 5. The molecule has 0 fully saturated rings. The zero-order valence-corrected chi connectivity index (χ0v) is 14.2. The van der Waals surface area contributed by atoms with Crippen LogP contribution in [0.5, 0.6) is 17.2 Å². The Bertz CT molecular complexity index is 1050. The number of rotatable bonds is 4. The maximum atomic E-state index is 5.45. The maximum absolute atomic E-state index is 5.45. The van der Waals surface area contributed by atoms with Gasteiger partial charge in [0.2, 0.25) is 5.75 Å². The van der Waals surface area contributed by atoms with Gasteiger partial charge in [0.1, 0.15) is 0 Å². The van der Waals surface area contributed by atoms with E-state index in [1.54, 1.807) is 21.3 Å². The third-order valence-corrected chi connectivity index (χ3v) is 4.20. The second kappa shape index (κ2) is 5.98.